The van der Waals surface area contributed by atoms with Crippen molar-refractivity contribution in [2.45, 2.75) is 27.8 Å². The van der Waals surface area contributed by atoms with E-state index in [1.54, 1.807) is 0 Å². The number of pyridine rings is 1. The van der Waals surface area contributed by atoms with E-state index in [4.69, 9.17) is 11.6 Å². The van der Waals surface area contributed by atoms with Crippen LogP contribution < -0.4 is 10.6 Å². The minimum atomic E-state index is -7.08. The van der Waals surface area contributed by atoms with Gasteiger partial charge in [-0.2, -0.15) is 39.5 Å². The van der Waals surface area contributed by atoms with Gasteiger partial charge < -0.3 is 10.6 Å². The van der Waals surface area contributed by atoms with Gasteiger partial charge in [-0.1, -0.05) is 29.8 Å². The molecule has 2 amide bonds. The molecule has 5 nitrogen and oxygen atoms in total. The van der Waals surface area contributed by atoms with E-state index < -0.39 is 59.3 Å². The molecule has 0 fully saturated rings. The predicted molar refractivity (Wildman–Crippen MR) is 135 cm³/mol. The molecule has 1 aromatic heterocycles. The number of benzene rings is 2. The molecular weight excluding hydrogens is 688 g/mol. The van der Waals surface area contributed by atoms with Crippen LogP contribution in [0.25, 0.3) is 0 Å². The topological polar surface area (TPSA) is 71.1 Å². The first kappa shape index (κ1) is 32.5. The van der Waals surface area contributed by atoms with E-state index >= 15 is 4.39 Å². The van der Waals surface area contributed by atoms with Crippen LogP contribution in [0.15, 0.2) is 71.8 Å². The number of nitrogens with zero attached hydrogens (tertiary/aromatic N) is 1. The first-order valence-electron chi connectivity index (χ1n) is 10.6. The van der Waals surface area contributed by atoms with Crippen LogP contribution in [0.1, 0.15) is 20.7 Å². The number of hydrogen-bond acceptors (Lipinski definition) is 3. The Morgan fingerprint density at radius 3 is 1.95 bits per heavy atom. The molecule has 0 radical (unpaired) electrons. The normalized spacial score (nSPS) is 15.0. The number of rotatable bonds is 6. The third kappa shape index (κ3) is 5.97. The summed E-state index contributed by atoms with van der Waals surface area (Å²) in [6.07, 6.45) is -12.9. The number of halogens is 12. The van der Waals surface area contributed by atoms with Gasteiger partial charge in [0.05, 0.1) is 11.3 Å². The van der Waals surface area contributed by atoms with E-state index in [1.165, 1.54) is 45.3 Å². The van der Waals surface area contributed by atoms with Gasteiger partial charge in [-0.05, 0) is 65.7 Å². The quantitative estimate of drug-likeness (QED) is 0.199. The molecule has 1 unspecified atom stereocenters. The average Bonchev–Trinajstić information content (AvgIpc) is 2.86. The van der Waals surface area contributed by atoms with E-state index in [0.29, 0.717) is 12.1 Å². The molecule has 222 valence electrons. The molecule has 0 saturated carbocycles. The molecule has 0 aliphatic carbocycles. The van der Waals surface area contributed by atoms with Crippen LogP contribution in [-0.2, 0) is 0 Å². The third-order valence-electron chi connectivity index (χ3n) is 5.26. The summed E-state index contributed by atoms with van der Waals surface area (Å²) in [6, 6.07) is 9.60. The summed E-state index contributed by atoms with van der Waals surface area (Å²) in [5, 5.41) is -2.80. The van der Waals surface area contributed by atoms with E-state index in [1.807, 2.05) is 5.32 Å². The molecule has 41 heavy (non-hydrogen) atoms. The summed E-state index contributed by atoms with van der Waals surface area (Å²) < 4.78 is 139. The highest BCUT2D eigenvalue weighted by molar-refractivity contribution is 9.58. The number of aromatic nitrogens is 1. The minimum absolute atomic E-state index is 0.0523. The molecule has 2 N–H and O–H groups in total. The largest absolute Gasteiger partial charge is 0.441 e. The van der Waals surface area contributed by atoms with Crippen LogP contribution in [0.3, 0.4) is 0 Å². The zero-order valence-corrected chi connectivity index (χ0v) is 22.7. The van der Waals surface area contributed by atoms with Crippen LogP contribution in [0.5, 0.6) is 0 Å². The third-order valence-corrected chi connectivity index (χ3v) is 11.9. The summed E-state index contributed by atoms with van der Waals surface area (Å²) in [6.45, 7) is 0. The monoisotopic (exact) mass is 699 g/mol. The van der Waals surface area contributed by atoms with Crippen molar-refractivity contribution in [3.63, 3.8) is 0 Å². The molecule has 0 saturated heterocycles. The van der Waals surface area contributed by atoms with E-state index in [2.05, 4.69) is 10.3 Å². The highest BCUT2D eigenvalue weighted by atomic mass is 79.9. The Balaban J connectivity index is 2.04. The van der Waals surface area contributed by atoms with E-state index in [0.717, 1.165) is 18.2 Å². The van der Waals surface area contributed by atoms with Gasteiger partial charge >= 0.3 is 22.9 Å². The van der Waals surface area contributed by atoms with Crippen molar-refractivity contribution in [1.29, 1.82) is 0 Å². The SMILES string of the molecule is O=C(Nc1ccccc1S(Br)(C(F)(F)F)C(F)(C(F)(F)F)C(F)(F)F)c1cccc(NC(=O)c2cccnc2Cl)c1. The zero-order chi connectivity index (χ0) is 31.0. The Morgan fingerprint density at radius 1 is 0.780 bits per heavy atom. The van der Waals surface area contributed by atoms with Crippen molar-refractivity contribution in [3.8, 4) is 0 Å². The van der Waals surface area contributed by atoms with E-state index in [9.17, 15) is 49.1 Å². The van der Waals surface area contributed by atoms with Crippen molar-refractivity contribution in [1.82, 2.24) is 4.98 Å². The fraction of sp³-hybridized carbons (Fsp3) is 0.174. The smallest absolute Gasteiger partial charge is 0.322 e. The number of carbonyl (C=O) groups is 2. The van der Waals surface area contributed by atoms with Crippen LogP contribution in [0, 0.1) is 0 Å². The summed E-state index contributed by atoms with van der Waals surface area (Å²) >= 11 is 7.34. The Morgan fingerprint density at radius 2 is 1.39 bits per heavy atom. The maximum absolute atomic E-state index is 15.1. The van der Waals surface area contributed by atoms with Gasteiger partial charge in [-0.3, -0.25) is 9.59 Å². The predicted octanol–water partition coefficient (Wildman–Crippen LogP) is 9.02. The molecule has 2 aromatic carbocycles. The highest BCUT2D eigenvalue weighted by Gasteiger charge is 2.85. The van der Waals surface area contributed by atoms with Crippen molar-refractivity contribution in [2.75, 3.05) is 10.6 Å². The highest BCUT2D eigenvalue weighted by Crippen LogP contribution is 2.86. The second-order valence-electron chi connectivity index (χ2n) is 7.90. The summed E-state index contributed by atoms with van der Waals surface area (Å²) in [5.74, 6) is -2.09. The Labute approximate surface area is 237 Å². The molecule has 3 rings (SSSR count). The van der Waals surface area contributed by atoms with Crippen LogP contribution in [0.2, 0.25) is 5.15 Å². The molecule has 1 heterocycles. The summed E-state index contributed by atoms with van der Waals surface area (Å²) in [4.78, 5) is 27.2. The van der Waals surface area contributed by atoms with Crippen LogP contribution in [-0.4, -0.2) is 39.7 Å². The van der Waals surface area contributed by atoms with Gasteiger partial charge in [-0.15, -0.1) is 0 Å². The lowest BCUT2D eigenvalue weighted by Crippen LogP contribution is -2.57. The van der Waals surface area contributed by atoms with Gasteiger partial charge in [0.1, 0.15) is 5.15 Å². The number of hydrogen-bond donors (Lipinski definition) is 2. The number of para-hydroxylation sites is 1. The lowest BCUT2D eigenvalue weighted by atomic mass is 10.1. The molecular formula is C23H13BrClF10N3O2S. The first-order chi connectivity index (χ1) is 18.8. The molecule has 0 aliphatic heterocycles. The second kappa shape index (κ2) is 11.3. The Bertz CT molecular complexity index is 1450. The molecule has 3 aromatic rings. The van der Waals surface area contributed by atoms with Gasteiger partial charge in [0, 0.05) is 22.3 Å². The van der Waals surface area contributed by atoms with Crippen molar-refractivity contribution in [3.05, 3.63) is 83.1 Å². The molecule has 18 heteroatoms. The standard InChI is InChI=1S/C23H13BrClF10N3O2S/c24-41(23(33,34)35,20(26,21(27,28)29)22(30,31)32)16-9-2-1-8-15(16)38-18(39)12-5-3-6-13(11-12)37-19(40)14-7-4-10-36-17(14)25/h1-11H,(H,37,40)(H,38,39). The number of nitrogens with one attached hydrogen (secondary N) is 2. The maximum Gasteiger partial charge on any atom is 0.441 e. The number of amides is 2. The Hall–Kier alpha value is -3.05. The van der Waals surface area contributed by atoms with Gasteiger partial charge in [0.25, 0.3) is 11.8 Å². The second-order valence-corrected chi connectivity index (χ2v) is 13.7. The van der Waals surface area contributed by atoms with Gasteiger partial charge in [0.2, 0.25) is 0 Å². The lowest BCUT2D eigenvalue weighted by Gasteiger charge is -2.47. The lowest BCUT2D eigenvalue weighted by molar-refractivity contribution is -0.306. The summed E-state index contributed by atoms with van der Waals surface area (Å²) in [5.41, 5.74) is -8.16. The minimum Gasteiger partial charge on any atom is -0.322 e. The number of carbonyl (C=O) groups excluding carboxylic acids is 2. The Kier molecular flexibility index (Phi) is 8.96. The summed E-state index contributed by atoms with van der Waals surface area (Å²) in [7, 11) is -6.70. The number of alkyl halides is 10. The number of anilines is 2. The average molecular weight is 701 g/mol. The van der Waals surface area contributed by atoms with Gasteiger partial charge in [0.15, 0.2) is 0 Å². The molecule has 1 atom stereocenters. The zero-order valence-electron chi connectivity index (χ0n) is 19.6. The molecule has 0 spiro atoms. The van der Waals surface area contributed by atoms with Gasteiger partial charge in [-0.25, -0.2) is 9.37 Å². The molecule has 0 bridgehead atoms. The fourth-order valence-electron chi connectivity index (χ4n) is 3.42. The molecule has 0 aliphatic rings. The van der Waals surface area contributed by atoms with Crippen molar-refractivity contribution < 1.29 is 53.5 Å². The van der Waals surface area contributed by atoms with Crippen molar-refractivity contribution in [2.24, 2.45) is 0 Å². The van der Waals surface area contributed by atoms with Crippen LogP contribution in [0.4, 0.5) is 55.3 Å². The van der Waals surface area contributed by atoms with E-state index in [-0.39, 0.29) is 22.5 Å². The fourth-order valence-corrected chi connectivity index (χ4v) is 7.77. The van der Waals surface area contributed by atoms with Crippen LogP contribution >= 0.6 is 34.9 Å². The van der Waals surface area contributed by atoms with Crippen molar-refractivity contribution >= 4 is 58.1 Å². The first-order valence-corrected chi connectivity index (χ1v) is 14.4. The maximum atomic E-state index is 15.1.